The van der Waals surface area contributed by atoms with Crippen LogP contribution >= 0.6 is 0 Å². The molecule has 0 saturated carbocycles. The van der Waals surface area contributed by atoms with Crippen molar-refractivity contribution in [1.29, 1.82) is 0 Å². The van der Waals surface area contributed by atoms with E-state index in [2.05, 4.69) is 74.5 Å². The lowest BCUT2D eigenvalue weighted by atomic mass is 9.77. The largest absolute Gasteiger partial charge is 0.0654 e. The van der Waals surface area contributed by atoms with Gasteiger partial charge in [0.1, 0.15) is 0 Å². The fraction of sp³-hybridized carbons (Fsp3) is 0.520. The molecule has 136 valence electrons. The molecule has 0 aliphatic heterocycles. The average Bonchev–Trinajstić information content (AvgIpc) is 2.68. The molecule has 25 heavy (non-hydrogen) atoms. The summed E-state index contributed by atoms with van der Waals surface area (Å²) in [6, 6.07) is 22.2. The molecular formula is C25H36. The van der Waals surface area contributed by atoms with E-state index in [-0.39, 0.29) is 0 Å². The van der Waals surface area contributed by atoms with Crippen LogP contribution in [0.4, 0.5) is 0 Å². The van der Waals surface area contributed by atoms with Crippen molar-refractivity contribution in [2.45, 2.75) is 77.6 Å². The minimum atomic E-state index is 0.643. The van der Waals surface area contributed by atoms with E-state index in [1.807, 2.05) is 0 Å². The molecule has 0 saturated heterocycles. The number of unbranched alkanes of at least 4 members (excludes halogenated alkanes) is 5. The van der Waals surface area contributed by atoms with Gasteiger partial charge in [-0.3, -0.25) is 0 Å². The number of rotatable bonds is 12. The average molecular weight is 337 g/mol. The van der Waals surface area contributed by atoms with Crippen molar-refractivity contribution in [3.05, 3.63) is 71.8 Å². The van der Waals surface area contributed by atoms with Gasteiger partial charge >= 0.3 is 0 Å². The second-order valence-electron chi connectivity index (χ2n) is 7.43. The Bertz CT molecular complexity index is 543. The summed E-state index contributed by atoms with van der Waals surface area (Å²) in [6.07, 6.45) is 12.2. The zero-order valence-electron chi connectivity index (χ0n) is 16.3. The Kier molecular flexibility index (Phi) is 9.41. The van der Waals surface area contributed by atoms with Gasteiger partial charge in [-0.1, -0.05) is 119 Å². The summed E-state index contributed by atoms with van der Waals surface area (Å²) in [6.45, 7) is 4.67. The molecular weight excluding hydrogens is 300 g/mol. The molecule has 2 atom stereocenters. The van der Waals surface area contributed by atoms with Crippen molar-refractivity contribution < 1.29 is 0 Å². The molecule has 2 aromatic rings. The normalized spacial score (nSPS) is 13.5. The Hall–Kier alpha value is -1.56. The Morgan fingerprint density at radius 2 is 1.28 bits per heavy atom. The minimum absolute atomic E-state index is 0.643. The summed E-state index contributed by atoms with van der Waals surface area (Å²) in [5, 5.41) is 0. The highest BCUT2D eigenvalue weighted by Gasteiger charge is 2.21. The van der Waals surface area contributed by atoms with Crippen LogP contribution in [0.15, 0.2) is 60.7 Å². The maximum absolute atomic E-state index is 2.38. The van der Waals surface area contributed by atoms with Gasteiger partial charge in [-0.15, -0.1) is 0 Å². The van der Waals surface area contributed by atoms with Gasteiger partial charge < -0.3 is 0 Å². The molecule has 0 aromatic heterocycles. The predicted molar refractivity (Wildman–Crippen MR) is 111 cm³/mol. The Morgan fingerprint density at radius 1 is 0.680 bits per heavy atom. The standard InChI is InChI=1S/C25H36/c1-3-5-6-7-8-13-18-23(4-2)25(24-19-14-10-15-20-24)21-22-16-11-9-12-17-22/h9-12,14-17,19-20,23,25H,3-8,13,18,21H2,1-2H3. The van der Waals surface area contributed by atoms with E-state index in [4.69, 9.17) is 0 Å². The van der Waals surface area contributed by atoms with Crippen molar-refractivity contribution >= 4 is 0 Å². The summed E-state index contributed by atoms with van der Waals surface area (Å²) in [7, 11) is 0. The van der Waals surface area contributed by atoms with E-state index in [0.29, 0.717) is 5.92 Å². The van der Waals surface area contributed by atoms with Crippen LogP contribution in [0.1, 0.15) is 82.3 Å². The highest BCUT2D eigenvalue weighted by atomic mass is 14.3. The molecule has 0 fully saturated rings. The molecule has 2 unspecified atom stereocenters. The molecule has 0 radical (unpaired) electrons. The van der Waals surface area contributed by atoms with E-state index in [9.17, 15) is 0 Å². The lowest BCUT2D eigenvalue weighted by molar-refractivity contribution is 0.363. The SMILES string of the molecule is CCCCCCCCC(CC)C(Cc1ccccc1)c1ccccc1. The maximum Gasteiger partial charge on any atom is -0.00933 e. The van der Waals surface area contributed by atoms with Crippen molar-refractivity contribution in [2.24, 2.45) is 5.92 Å². The van der Waals surface area contributed by atoms with Crippen molar-refractivity contribution in [2.75, 3.05) is 0 Å². The first-order valence-corrected chi connectivity index (χ1v) is 10.4. The molecule has 0 aliphatic carbocycles. The van der Waals surface area contributed by atoms with Crippen LogP contribution in [-0.2, 0) is 6.42 Å². The number of hydrogen-bond donors (Lipinski definition) is 0. The van der Waals surface area contributed by atoms with Crippen LogP contribution in [0.3, 0.4) is 0 Å². The van der Waals surface area contributed by atoms with Crippen molar-refractivity contribution in [1.82, 2.24) is 0 Å². The van der Waals surface area contributed by atoms with Crippen LogP contribution in [0.2, 0.25) is 0 Å². The van der Waals surface area contributed by atoms with Crippen LogP contribution in [0.5, 0.6) is 0 Å². The van der Waals surface area contributed by atoms with E-state index >= 15 is 0 Å². The van der Waals surface area contributed by atoms with Gasteiger partial charge in [-0.25, -0.2) is 0 Å². The topological polar surface area (TPSA) is 0 Å². The van der Waals surface area contributed by atoms with Gasteiger partial charge in [-0.2, -0.15) is 0 Å². The van der Waals surface area contributed by atoms with E-state index in [1.54, 1.807) is 0 Å². The first-order chi connectivity index (χ1) is 12.3. The second kappa shape index (κ2) is 11.9. The molecule has 0 bridgehead atoms. The summed E-state index contributed by atoms with van der Waals surface area (Å²) in [4.78, 5) is 0. The van der Waals surface area contributed by atoms with Crippen LogP contribution in [-0.4, -0.2) is 0 Å². The van der Waals surface area contributed by atoms with Gasteiger partial charge in [0.15, 0.2) is 0 Å². The molecule has 0 heterocycles. The molecule has 0 N–H and O–H groups in total. The van der Waals surface area contributed by atoms with Crippen LogP contribution < -0.4 is 0 Å². The first-order valence-electron chi connectivity index (χ1n) is 10.4. The van der Waals surface area contributed by atoms with E-state index in [0.717, 1.165) is 5.92 Å². The quantitative estimate of drug-likeness (QED) is 0.347. The summed E-state index contributed by atoms with van der Waals surface area (Å²) in [5.41, 5.74) is 2.99. The monoisotopic (exact) mass is 336 g/mol. The molecule has 0 nitrogen and oxygen atoms in total. The molecule has 0 heteroatoms. The fourth-order valence-corrected chi connectivity index (χ4v) is 4.00. The third kappa shape index (κ3) is 7.06. The lowest BCUT2D eigenvalue weighted by Gasteiger charge is -2.27. The summed E-state index contributed by atoms with van der Waals surface area (Å²) in [5.74, 6) is 1.43. The molecule has 0 amide bonds. The minimum Gasteiger partial charge on any atom is -0.0654 e. The fourth-order valence-electron chi connectivity index (χ4n) is 4.00. The zero-order chi connectivity index (χ0) is 17.7. The number of benzene rings is 2. The first kappa shape index (κ1) is 19.8. The third-order valence-electron chi connectivity index (χ3n) is 5.55. The van der Waals surface area contributed by atoms with Crippen LogP contribution in [0, 0.1) is 5.92 Å². The van der Waals surface area contributed by atoms with Crippen molar-refractivity contribution in [3.63, 3.8) is 0 Å². The van der Waals surface area contributed by atoms with Gasteiger partial charge in [0.05, 0.1) is 0 Å². The van der Waals surface area contributed by atoms with Gasteiger partial charge in [0, 0.05) is 0 Å². The molecule has 0 aliphatic rings. The predicted octanol–water partition coefficient (Wildman–Crippen LogP) is 7.79. The third-order valence-corrected chi connectivity index (χ3v) is 5.55. The lowest BCUT2D eigenvalue weighted by Crippen LogP contribution is -2.15. The van der Waals surface area contributed by atoms with Crippen LogP contribution in [0.25, 0.3) is 0 Å². The second-order valence-corrected chi connectivity index (χ2v) is 7.43. The van der Waals surface area contributed by atoms with Gasteiger partial charge in [0.25, 0.3) is 0 Å². The molecule has 0 spiro atoms. The van der Waals surface area contributed by atoms with E-state index in [1.165, 1.54) is 68.9 Å². The Balaban J connectivity index is 1.99. The Labute approximate surface area is 155 Å². The number of hydrogen-bond acceptors (Lipinski definition) is 0. The molecule has 2 aromatic carbocycles. The van der Waals surface area contributed by atoms with Gasteiger partial charge in [-0.05, 0) is 35.8 Å². The maximum atomic E-state index is 2.38. The zero-order valence-corrected chi connectivity index (χ0v) is 16.3. The van der Waals surface area contributed by atoms with Crippen molar-refractivity contribution in [3.8, 4) is 0 Å². The van der Waals surface area contributed by atoms with Gasteiger partial charge in [0.2, 0.25) is 0 Å². The smallest absolute Gasteiger partial charge is 0.00933 e. The molecule has 2 rings (SSSR count). The highest BCUT2D eigenvalue weighted by molar-refractivity contribution is 5.25. The summed E-state index contributed by atoms with van der Waals surface area (Å²) >= 11 is 0. The Morgan fingerprint density at radius 3 is 1.92 bits per heavy atom. The summed E-state index contributed by atoms with van der Waals surface area (Å²) < 4.78 is 0. The van der Waals surface area contributed by atoms with E-state index < -0.39 is 0 Å². The highest BCUT2D eigenvalue weighted by Crippen LogP contribution is 2.34.